The molecule has 3 nitrogen and oxygen atoms in total. The van der Waals surface area contributed by atoms with Gasteiger partial charge in [0, 0.05) is 5.69 Å². The van der Waals surface area contributed by atoms with E-state index in [-0.39, 0.29) is 0 Å². The monoisotopic (exact) mass is 239 g/mol. The molecule has 0 aliphatic rings. The Morgan fingerprint density at radius 1 is 1.13 bits per heavy atom. The van der Waals surface area contributed by atoms with Crippen LogP contribution in [0.2, 0.25) is 5.15 Å². The molecule has 0 unspecified atom stereocenters. The molecule has 1 N–H and O–H groups in total. The van der Waals surface area contributed by atoms with Crippen molar-refractivity contribution in [1.29, 1.82) is 0 Å². The van der Waals surface area contributed by atoms with Crippen molar-refractivity contribution in [1.82, 2.24) is 8.75 Å². The molecule has 0 bridgehead atoms. The molecule has 2 rings (SSSR count). The van der Waals surface area contributed by atoms with Crippen LogP contribution >= 0.6 is 23.3 Å². The van der Waals surface area contributed by atoms with E-state index in [0.717, 1.165) is 17.4 Å². The second kappa shape index (κ2) is 4.16. The molecule has 1 aromatic carbocycles. The van der Waals surface area contributed by atoms with Gasteiger partial charge in [-0.3, -0.25) is 0 Å². The number of halogens is 1. The maximum atomic E-state index is 5.84. The Bertz CT molecular complexity index is 461. The molecule has 0 spiro atoms. The molecule has 78 valence electrons. The van der Waals surface area contributed by atoms with Gasteiger partial charge in [0.15, 0.2) is 11.0 Å². The number of nitrogens with one attached hydrogen (secondary N) is 1. The van der Waals surface area contributed by atoms with E-state index in [0.29, 0.717) is 11.0 Å². The maximum Gasteiger partial charge on any atom is 0.187 e. The van der Waals surface area contributed by atoms with Crippen LogP contribution in [0.1, 0.15) is 11.1 Å². The molecule has 5 heteroatoms. The summed E-state index contributed by atoms with van der Waals surface area (Å²) in [4.78, 5) is 0. The Labute approximate surface area is 97.4 Å². The number of aryl methyl sites for hydroxylation is 2. The minimum Gasteiger partial charge on any atom is -0.337 e. The van der Waals surface area contributed by atoms with Crippen molar-refractivity contribution >= 4 is 34.8 Å². The lowest BCUT2D eigenvalue weighted by Gasteiger charge is -2.05. The Kier molecular flexibility index (Phi) is 2.88. The highest BCUT2D eigenvalue weighted by molar-refractivity contribution is 6.99. The van der Waals surface area contributed by atoms with Crippen LogP contribution in [0.25, 0.3) is 0 Å². The van der Waals surface area contributed by atoms with Crippen LogP contribution in [0.15, 0.2) is 18.2 Å². The fourth-order valence-electron chi connectivity index (χ4n) is 1.44. The van der Waals surface area contributed by atoms with E-state index in [1.54, 1.807) is 0 Å². The average Bonchev–Trinajstić information content (AvgIpc) is 2.50. The summed E-state index contributed by atoms with van der Waals surface area (Å²) in [5.74, 6) is 0.617. The molecule has 1 aromatic heterocycles. The first-order valence-electron chi connectivity index (χ1n) is 4.48. The van der Waals surface area contributed by atoms with Crippen LogP contribution < -0.4 is 5.32 Å². The van der Waals surface area contributed by atoms with Gasteiger partial charge < -0.3 is 5.32 Å². The second-order valence-electron chi connectivity index (χ2n) is 3.41. The van der Waals surface area contributed by atoms with E-state index in [4.69, 9.17) is 11.6 Å². The number of anilines is 2. The predicted molar refractivity (Wildman–Crippen MR) is 64.1 cm³/mol. The third-order valence-corrected chi connectivity index (χ3v) is 2.83. The number of hydrogen-bond donors (Lipinski definition) is 1. The van der Waals surface area contributed by atoms with Crippen molar-refractivity contribution in [3.05, 3.63) is 34.5 Å². The van der Waals surface area contributed by atoms with Gasteiger partial charge in [-0.15, -0.1) is 0 Å². The fraction of sp³-hybridized carbons (Fsp3) is 0.200. The van der Waals surface area contributed by atoms with Crippen molar-refractivity contribution in [3.63, 3.8) is 0 Å². The average molecular weight is 240 g/mol. The van der Waals surface area contributed by atoms with E-state index >= 15 is 0 Å². The van der Waals surface area contributed by atoms with Gasteiger partial charge in [0.25, 0.3) is 0 Å². The van der Waals surface area contributed by atoms with Gasteiger partial charge in [0.1, 0.15) is 0 Å². The molecule has 0 fully saturated rings. The lowest BCUT2D eigenvalue weighted by molar-refractivity contribution is 1.36. The second-order valence-corrected chi connectivity index (χ2v) is 4.29. The third kappa shape index (κ3) is 2.46. The largest absolute Gasteiger partial charge is 0.337 e. The van der Waals surface area contributed by atoms with E-state index in [2.05, 4.69) is 34.0 Å². The first-order chi connectivity index (χ1) is 7.15. The topological polar surface area (TPSA) is 37.8 Å². The van der Waals surface area contributed by atoms with Gasteiger partial charge in [-0.1, -0.05) is 17.7 Å². The van der Waals surface area contributed by atoms with Gasteiger partial charge in [-0.2, -0.15) is 8.75 Å². The molecule has 0 saturated carbocycles. The summed E-state index contributed by atoms with van der Waals surface area (Å²) in [5, 5.41) is 3.55. The van der Waals surface area contributed by atoms with Crippen molar-refractivity contribution in [2.75, 3.05) is 5.32 Å². The molecule has 2 aromatic rings. The van der Waals surface area contributed by atoms with Crippen LogP contribution in [-0.2, 0) is 0 Å². The highest BCUT2D eigenvalue weighted by Crippen LogP contribution is 2.23. The summed E-state index contributed by atoms with van der Waals surface area (Å²) in [5.41, 5.74) is 3.40. The SMILES string of the molecule is Cc1cc(C)cc(Nc2nsnc2Cl)c1. The first-order valence-corrected chi connectivity index (χ1v) is 5.59. The van der Waals surface area contributed by atoms with Crippen LogP contribution in [0, 0.1) is 13.8 Å². The molecular weight excluding hydrogens is 230 g/mol. The summed E-state index contributed by atoms with van der Waals surface area (Å²) >= 11 is 6.94. The lowest BCUT2D eigenvalue weighted by atomic mass is 10.1. The molecule has 0 radical (unpaired) electrons. The highest BCUT2D eigenvalue weighted by Gasteiger charge is 2.05. The molecule has 0 atom stereocenters. The molecular formula is C10H10ClN3S. The summed E-state index contributed by atoms with van der Waals surface area (Å²) in [6.45, 7) is 4.11. The summed E-state index contributed by atoms with van der Waals surface area (Å²) in [6, 6.07) is 6.21. The zero-order chi connectivity index (χ0) is 10.8. The van der Waals surface area contributed by atoms with Crippen molar-refractivity contribution in [3.8, 4) is 0 Å². The Balaban J connectivity index is 2.28. The maximum absolute atomic E-state index is 5.84. The zero-order valence-corrected chi connectivity index (χ0v) is 9.99. The van der Waals surface area contributed by atoms with Gasteiger partial charge in [-0.25, -0.2) is 0 Å². The molecule has 0 aliphatic heterocycles. The number of aromatic nitrogens is 2. The van der Waals surface area contributed by atoms with Gasteiger partial charge in [0.2, 0.25) is 0 Å². The molecule has 15 heavy (non-hydrogen) atoms. The quantitative estimate of drug-likeness (QED) is 0.871. The minimum absolute atomic E-state index is 0.416. The summed E-state index contributed by atoms with van der Waals surface area (Å²) in [6.07, 6.45) is 0. The Morgan fingerprint density at radius 2 is 1.80 bits per heavy atom. The van der Waals surface area contributed by atoms with E-state index in [9.17, 15) is 0 Å². The number of rotatable bonds is 2. The molecule has 1 heterocycles. The van der Waals surface area contributed by atoms with Crippen molar-refractivity contribution in [2.24, 2.45) is 0 Å². The fourth-order valence-corrected chi connectivity index (χ4v) is 2.08. The molecule has 0 saturated heterocycles. The number of hydrogen-bond acceptors (Lipinski definition) is 4. The van der Waals surface area contributed by atoms with Crippen molar-refractivity contribution in [2.45, 2.75) is 13.8 Å². The Hall–Kier alpha value is -1.13. The van der Waals surface area contributed by atoms with Crippen LogP contribution in [0.3, 0.4) is 0 Å². The smallest absolute Gasteiger partial charge is 0.187 e. The summed E-state index contributed by atoms with van der Waals surface area (Å²) < 4.78 is 7.95. The zero-order valence-electron chi connectivity index (χ0n) is 8.41. The Morgan fingerprint density at radius 3 is 2.33 bits per heavy atom. The summed E-state index contributed by atoms with van der Waals surface area (Å²) in [7, 11) is 0. The van der Waals surface area contributed by atoms with E-state index in [1.807, 2.05) is 12.1 Å². The minimum atomic E-state index is 0.416. The van der Waals surface area contributed by atoms with Crippen molar-refractivity contribution < 1.29 is 0 Å². The highest BCUT2D eigenvalue weighted by atomic mass is 35.5. The van der Waals surface area contributed by atoms with E-state index in [1.165, 1.54) is 11.1 Å². The third-order valence-electron chi connectivity index (χ3n) is 1.93. The predicted octanol–water partition coefficient (Wildman–Crippen LogP) is 3.55. The molecule has 0 amide bonds. The number of nitrogens with zero attached hydrogens (tertiary/aromatic N) is 2. The number of benzene rings is 1. The van der Waals surface area contributed by atoms with Crippen LogP contribution in [0.4, 0.5) is 11.5 Å². The lowest BCUT2D eigenvalue weighted by Crippen LogP contribution is -1.92. The van der Waals surface area contributed by atoms with Gasteiger partial charge >= 0.3 is 0 Å². The van der Waals surface area contributed by atoms with Crippen LogP contribution in [0.5, 0.6) is 0 Å². The van der Waals surface area contributed by atoms with E-state index < -0.39 is 0 Å². The standard InChI is InChI=1S/C10H10ClN3S/c1-6-3-7(2)5-8(4-6)12-10-9(11)13-15-14-10/h3-5H,1-2H3,(H,12,14). The first kappa shape index (κ1) is 10.4. The van der Waals surface area contributed by atoms with Gasteiger partial charge in [-0.05, 0) is 37.1 Å². The normalized spacial score (nSPS) is 10.3. The molecule has 0 aliphatic carbocycles. The van der Waals surface area contributed by atoms with Gasteiger partial charge in [0.05, 0.1) is 11.7 Å². The van der Waals surface area contributed by atoms with Crippen LogP contribution in [-0.4, -0.2) is 8.75 Å².